The first-order valence-corrected chi connectivity index (χ1v) is 14.1. The maximum atomic E-state index is 2.41. The number of fused-ring (bicyclic) bond motifs is 6. The van der Waals surface area contributed by atoms with E-state index in [0.29, 0.717) is 0 Å². The van der Waals surface area contributed by atoms with Gasteiger partial charge in [-0.15, -0.1) is 22.7 Å². The molecule has 0 saturated heterocycles. The summed E-state index contributed by atoms with van der Waals surface area (Å²) in [5, 5.41) is 5.44. The summed E-state index contributed by atoms with van der Waals surface area (Å²) in [6, 6.07) is 38.4. The Kier molecular flexibility index (Phi) is 4.86. The summed E-state index contributed by atoms with van der Waals surface area (Å²) in [5.74, 6) is 0. The van der Waals surface area contributed by atoms with Crippen LogP contribution < -0.4 is 0 Å². The molecular weight excluding hydrogens is 473 g/mol. The van der Waals surface area contributed by atoms with E-state index in [9.17, 15) is 0 Å². The summed E-state index contributed by atoms with van der Waals surface area (Å²) in [5.41, 5.74) is 6.63. The lowest BCUT2D eigenvalue weighted by atomic mass is 9.82. The molecule has 0 amide bonds. The highest BCUT2D eigenvalue weighted by Crippen LogP contribution is 2.44. The fraction of sp³-hybridized carbons (Fsp3) is 0.118. The van der Waals surface area contributed by atoms with Crippen LogP contribution in [-0.4, -0.2) is 0 Å². The van der Waals surface area contributed by atoms with Gasteiger partial charge in [0.25, 0.3) is 0 Å². The van der Waals surface area contributed by atoms with Gasteiger partial charge < -0.3 is 0 Å². The van der Waals surface area contributed by atoms with Crippen molar-refractivity contribution < 1.29 is 0 Å². The third kappa shape index (κ3) is 3.40. The molecule has 7 aromatic rings. The first kappa shape index (κ1) is 21.8. The van der Waals surface area contributed by atoms with Crippen LogP contribution in [-0.2, 0) is 5.41 Å². The van der Waals surface area contributed by atoms with Gasteiger partial charge in [0.2, 0.25) is 0 Å². The highest BCUT2D eigenvalue weighted by molar-refractivity contribution is 7.26. The smallest absolute Gasteiger partial charge is 0.0361 e. The summed E-state index contributed by atoms with van der Waals surface area (Å²) in [6.07, 6.45) is 0. The van der Waals surface area contributed by atoms with Crippen LogP contribution in [0.3, 0.4) is 0 Å². The fourth-order valence-electron chi connectivity index (χ4n) is 5.40. The Balaban J connectivity index is 1.56. The second-order valence-corrected chi connectivity index (χ2v) is 12.8. The van der Waals surface area contributed by atoms with Gasteiger partial charge in [0.1, 0.15) is 0 Å². The molecule has 0 N–H and O–H groups in total. The highest BCUT2D eigenvalue weighted by atomic mass is 32.1. The van der Waals surface area contributed by atoms with Gasteiger partial charge >= 0.3 is 0 Å². The minimum atomic E-state index is 0.0416. The van der Waals surface area contributed by atoms with Gasteiger partial charge in [-0.3, -0.25) is 0 Å². The summed E-state index contributed by atoms with van der Waals surface area (Å²) in [6.45, 7) is 6.95. The van der Waals surface area contributed by atoms with Crippen molar-refractivity contribution in [2.75, 3.05) is 0 Å². The van der Waals surface area contributed by atoms with Gasteiger partial charge in [-0.1, -0.05) is 93.6 Å². The molecule has 36 heavy (non-hydrogen) atoms. The van der Waals surface area contributed by atoms with Crippen LogP contribution in [0.5, 0.6) is 0 Å². The maximum absolute atomic E-state index is 2.41. The molecule has 0 spiro atoms. The van der Waals surface area contributed by atoms with E-state index in [1.165, 1.54) is 68.2 Å². The van der Waals surface area contributed by atoms with Crippen LogP contribution in [0.1, 0.15) is 26.3 Å². The number of hydrogen-bond donors (Lipinski definition) is 0. The van der Waals surface area contributed by atoms with Crippen molar-refractivity contribution in [1.82, 2.24) is 0 Å². The quantitative estimate of drug-likeness (QED) is 0.222. The third-order valence-corrected chi connectivity index (χ3v) is 9.50. The average molecular weight is 499 g/mol. The molecule has 0 nitrogen and oxygen atoms in total. The van der Waals surface area contributed by atoms with Gasteiger partial charge in [0.05, 0.1) is 0 Å². The molecule has 0 aliphatic heterocycles. The fourth-order valence-corrected chi connectivity index (χ4v) is 7.67. The van der Waals surface area contributed by atoms with E-state index in [0.717, 1.165) is 0 Å². The summed E-state index contributed by atoms with van der Waals surface area (Å²) < 4.78 is 5.40. The van der Waals surface area contributed by atoms with Crippen LogP contribution in [0.25, 0.3) is 62.6 Å². The van der Waals surface area contributed by atoms with Crippen molar-refractivity contribution in [2.24, 2.45) is 0 Å². The van der Waals surface area contributed by atoms with Crippen LogP contribution in [0.4, 0.5) is 0 Å². The van der Waals surface area contributed by atoms with Gasteiger partial charge in [-0.05, 0) is 63.6 Å². The van der Waals surface area contributed by atoms with E-state index in [4.69, 9.17) is 0 Å². The van der Waals surface area contributed by atoms with Crippen molar-refractivity contribution >= 4 is 63.0 Å². The molecule has 0 bridgehead atoms. The van der Waals surface area contributed by atoms with Gasteiger partial charge in [-0.25, -0.2) is 0 Å². The summed E-state index contributed by atoms with van der Waals surface area (Å²) in [7, 11) is 0. The monoisotopic (exact) mass is 498 g/mol. The number of rotatable bonds is 2. The zero-order valence-electron chi connectivity index (χ0n) is 20.6. The van der Waals surface area contributed by atoms with Crippen LogP contribution >= 0.6 is 22.7 Å². The summed E-state index contributed by atoms with van der Waals surface area (Å²) in [4.78, 5) is 0. The van der Waals surface area contributed by atoms with Crippen molar-refractivity contribution in [3.63, 3.8) is 0 Å². The second-order valence-electron chi connectivity index (χ2n) is 10.6. The minimum absolute atomic E-state index is 0.0416. The molecule has 0 radical (unpaired) electrons. The van der Waals surface area contributed by atoms with Crippen molar-refractivity contribution in [2.45, 2.75) is 26.2 Å². The molecule has 0 unspecified atom stereocenters. The zero-order valence-corrected chi connectivity index (χ0v) is 22.3. The first-order valence-electron chi connectivity index (χ1n) is 12.4. The lowest BCUT2D eigenvalue weighted by molar-refractivity contribution is 0.591. The van der Waals surface area contributed by atoms with Crippen molar-refractivity contribution in [1.29, 1.82) is 0 Å². The van der Waals surface area contributed by atoms with Gasteiger partial charge in [-0.2, -0.15) is 0 Å². The molecule has 0 saturated carbocycles. The maximum Gasteiger partial charge on any atom is 0.0361 e. The Morgan fingerprint density at radius 3 is 1.39 bits per heavy atom. The highest BCUT2D eigenvalue weighted by Gasteiger charge is 2.20. The lowest BCUT2D eigenvalue weighted by Gasteiger charge is -2.22. The molecule has 0 atom stereocenters. The molecule has 174 valence electrons. The topological polar surface area (TPSA) is 0 Å². The molecule has 2 heteroatoms. The minimum Gasteiger partial charge on any atom is -0.135 e. The Morgan fingerprint density at radius 2 is 0.917 bits per heavy atom. The Morgan fingerprint density at radius 1 is 0.472 bits per heavy atom. The Bertz CT molecular complexity index is 1790. The molecule has 2 aromatic heterocycles. The molecule has 7 rings (SSSR count). The van der Waals surface area contributed by atoms with Crippen molar-refractivity contribution in [3.05, 3.63) is 109 Å². The average Bonchev–Trinajstić information content (AvgIpc) is 3.46. The normalized spacial score (nSPS) is 12.3. The van der Waals surface area contributed by atoms with E-state index in [1.807, 2.05) is 22.7 Å². The van der Waals surface area contributed by atoms with E-state index in [2.05, 4.69) is 124 Å². The third-order valence-electron chi connectivity index (χ3n) is 7.23. The molecular formula is C34H26S2. The van der Waals surface area contributed by atoms with Crippen LogP contribution in [0.2, 0.25) is 0 Å². The molecule has 0 fully saturated rings. The van der Waals surface area contributed by atoms with E-state index >= 15 is 0 Å². The van der Waals surface area contributed by atoms with E-state index < -0.39 is 0 Å². The van der Waals surface area contributed by atoms with Crippen LogP contribution in [0, 0.1) is 0 Å². The zero-order chi connectivity index (χ0) is 24.4. The first-order chi connectivity index (χ1) is 17.5. The van der Waals surface area contributed by atoms with Gasteiger partial charge in [0, 0.05) is 40.3 Å². The summed E-state index contributed by atoms with van der Waals surface area (Å²) >= 11 is 3.77. The molecule has 5 aromatic carbocycles. The van der Waals surface area contributed by atoms with Gasteiger partial charge in [0.15, 0.2) is 0 Å². The second kappa shape index (κ2) is 8.03. The largest absolute Gasteiger partial charge is 0.135 e. The SMILES string of the molecule is CC(C)(C)c1cc(-c2cccc3sc4ccccc4c23)cc(-c2cccc3sc4ccccc4c23)c1. The number of hydrogen-bond acceptors (Lipinski definition) is 2. The van der Waals surface area contributed by atoms with Crippen LogP contribution in [0.15, 0.2) is 103 Å². The standard InChI is InChI=1S/C34H26S2/c1-34(2,3)23-19-21(24-12-8-16-30-32(24)26-10-4-6-14-28(26)35-30)18-22(20-23)25-13-9-17-31-33(25)27-11-5-7-15-29(27)36-31/h4-20H,1-3H3. The molecule has 2 heterocycles. The number of benzene rings is 5. The molecule has 0 aliphatic carbocycles. The predicted octanol–water partition coefficient (Wildman–Crippen LogP) is 11.1. The van der Waals surface area contributed by atoms with Crippen molar-refractivity contribution in [3.8, 4) is 22.3 Å². The molecule has 0 aliphatic rings. The predicted molar refractivity (Wildman–Crippen MR) is 162 cm³/mol. The van der Waals surface area contributed by atoms with E-state index in [-0.39, 0.29) is 5.41 Å². The van der Waals surface area contributed by atoms with E-state index in [1.54, 1.807) is 0 Å². The Hall–Kier alpha value is -3.46. The lowest BCUT2D eigenvalue weighted by Crippen LogP contribution is -2.11. The number of thiophene rings is 2. The Labute approximate surface area is 219 Å².